The number of nitrogens with zero attached hydrogens (tertiary/aromatic N) is 2. The summed E-state index contributed by atoms with van der Waals surface area (Å²) >= 11 is 0. The maximum Gasteiger partial charge on any atom is 0.268 e. The SMILES string of the molecule is Cn1cc(S(=O)(=O)N2CCCCC2)cc1C(=O)NC(COc1ccccc1F)c1ccccc1. The number of piperidine rings is 1. The minimum absolute atomic E-state index is 0.0000427. The molecule has 7 nitrogen and oxygen atoms in total. The van der Waals surface area contributed by atoms with E-state index in [4.69, 9.17) is 4.74 Å². The highest BCUT2D eigenvalue weighted by Gasteiger charge is 2.29. The van der Waals surface area contributed by atoms with Crippen LogP contribution in [-0.2, 0) is 17.1 Å². The Kier molecular flexibility index (Phi) is 7.33. The number of carbonyl (C=O) groups is 1. The van der Waals surface area contributed by atoms with Gasteiger partial charge in [0.25, 0.3) is 5.91 Å². The second-order valence-corrected chi connectivity index (χ2v) is 10.3. The molecular weight excluding hydrogens is 457 g/mol. The Morgan fingerprint density at radius 2 is 1.74 bits per heavy atom. The molecule has 0 radical (unpaired) electrons. The first-order valence-electron chi connectivity index (χ1n) is 11.3. The first-order chi connectivity index (χ1) is 16.4. The summed E-state index contributed by atoms with van der Waals surface area (Å²) < 4.78 is 48.7. The molecule has 1 fully saturated rings. The Bertz CT molecular complexity index is 1240. The third kappa shape index (κ3) is 5.31. The van der Waals surface area contributed by atoms with Gasteiger partial charge in [-0.05, 0) is 36.6 Å². The van der Waals surface area contributed by atoms with E-state index in [1.54, 1.807) is 19.2 Å². The van der Waals surface area contributed by atoms with E-state index in [0.29, 0.717) is 13.1 Å². The van der Waals surface area contributed by atoms with Gasteiger partial charge in [0.2, 0.25) is 10.0 Å². The van der Waals surface area contributed by atoms with Crippen LogP contribution in [0.25, 0.3) is 0 Å². The zero-order valence-corrected chi connectivity index (χ0v) is 19.8. The van der Waals surface area contributed by atoms with Gasteiger partial charge < -0.3 is 14.6 Å². The average molecular weight is 486 g/mol. The standard InChI is InChI=1S/C25H28FN3O4S/c1-28-17-20(34(31,32)29-14-8-3-9-15-29)16-23(28)25(30)27-22(19-10-4-2-5-11-19)18-33-24-13-7-6-12-21(24)26/h2,4-7,10-13,16-17,22H,3,8-9,14-15,18H2,1H3,(H,27,30). The number of para-hydroxylation sites is 1. The molecule has 1 atom stereocenters. The molecule has 4 rings (SSSR count). The molecule has 1 saturated heterocycles. The van der Waals surface area contributed by atoms with E-state index in [9.17, 15) is 17.6 Å². The van der Waals surface area contributed by atoms with E-state index in [2.05, 4.69) is 5.32 Å². The molecule has 34 heavy (non-hydrogen) atoms. The molecule has 1 N–H and O–H groups in total. The Balaban J connectivity index is 1.54. The van der Waals surface area contributed by atoms with E-state index in [1.165, 1.54) is 33.3 Å². The summed E-state index contributed by atoms with van der Waals surface area (Å²) in [5.41, 5.74) is 0.991. The Morgan fingerprint density at radius 3 is 2.44 bits per heavy atom. The Labute approximate surface area is 199 Å². The number of amides is 1. The van der Waals surface area contributed by atoms with Gasteiger partial charge in [0.1, 0.15) is 17.2 Å². The first-order valence-corrected chi connectivity index (χ1v) is 12.7. The van der Waals surface area contributed by atoms with Gasteiger partial charge in [-0.15, -0.1) is 0 Å². The van der Waals surface area contributed by atoms with Crippen LogP contribution in [0.2, 0.25) is 0 Å². The molecule has 1 aromatic heterocycles. The number of hydrogen-bond acceptors (Lipinski definition) is 4. The predicted octanol–water partition coefficient (Wildman–Crippen LogP) is 3.89. The van der Waals surface area contributed by atoms with Crippen molar-refractivity contribution in [3.05, 3.63) is 83.9 Å². The molecule has 0 bridgehead atoms. The van der Waals surface area contributed by atoms with Crippen molar-refractivity contribution in [2.75, 3.05) is 19.7 Å². The Hall–Kier alpha value is -3.17. The van der Waals surface area contributed by atoms with Gasteiger partial charge in [-0.2, -0.15) is 4.31 Å². The second-order valence-electron chi connectivity index (χ2n) is 8.31. The van der Waals surface area contributed by atoms with Gasteiger partial charge in [0.15, 0.2) is 11.6 Å². The van der Waals surface area contributed by atoms with E-state index >= 15 is 0 Å². The fourth-order valence-corrected chi connectivity index (χ4v) is 5.62. The third-order valence-electron chi connectivity index (χ3n) is 5.91. The van der Waals surface area contributed by atoms with Gasteiger partial charge >= 0.3 is 0 Å². The molecule has 0 aliphatic carbocycles. The molecule has 2 aromatic carbocycles. The van der Waals surface area contributed by atoms with Crippen molar-refractivity contribution >= 4 is 15.9 Å². The molecule has 1 aliphatic rings. The van der Waals surface area contributed by atoms with Gasteiger partial charge in [-0.1, -0.05) is 48.9 Å². The fraction of sp³-hybridized carbons (Fsp3) is 0.320. The van der Waals surface area contributed by atoms with Gasteiger partial charge in [-0.3, -0.25) is 4.79 Å². The van der Waals surface area contributed by atoms with E-state index in [-0.39, 0.29) is 22.9 Å². The van der Waals surface area contributed by atoms with Crippen LogP contribution in [0.4, 0.5) is 4.39 Å². The molecule has 9 heteroatoms. The number of aromatic nitrogens is 1. The smallest absolute Gasteiger partial charge is 0.268 e. The number of aryl methyl sites for hydroxylation is 1. The highest BCUT2D eigenvalue weighted by Crippen LogP contribution is 2.24. The summed E-state index contributed by atoms with van der Waals surface area (Å²) in [5, 5.41) is 2.91. The minimum atomic E-state index is -3.66. The van der Waals surface area contributed by atoms with Crippen LogP contribution >= 0.6 is 0 Å². The first kappa shape index (κ1) is 24.0. The lowest BCUT2D eigenvalue weighted by molar-refractivity contribution is 0.0912. The lowest BCUT2D eigenvalue weighted by atomic mass is 10.1. The van der Waals surface area contributed by atoms with Crippen LogP contribution in [-0.4, -0.2) is 42.9 Å². The lowest BCUT2D eigenvalue weighted by Crippen LogP contribution is -2.35. The maximum atomic E-state index is 14.0. The lowest BCUT2D eigenvalue weighted by Gasteiger charge is -2.25. The number of benzene rings is 2. The van der Waals surface area contributed by atoms with E-state index in [1.807, 2.05) is 30.3 Å². The van der Waals surface area contributed by atoms with Crippen molar-refractivity contribution in [3.8, 4) is 5.75 Å². The maximum absolute atomic E-state index is 14.0. The summed E-state index contributed by atoms with van der Waals surface area (Å²) in [4.78, 5) is 13.3. The van der Waals surface area contributed by atoms with Crippen molar-refractivity contribution < 1.29 is 22.3 Å². The summed E-state index contributed by atoms with van der Waals surface area (Å²) in [6.45, 7) is 0.977. The summed E-state index contributed by atoms with van der Waals surface area (Å²) in [5.74, 6) is -0.851. The van der Waals surface area contributed by atoms with Crippen LogP contribution in [0.3, 0.4) is 0 Å². The summed E-state index contributed by atoms with van der Waals surface area (Å²) in [6.07, 6.45) is 4.15. The number of carbonyl (C=O) groups excluding carboxylic acids is 1. The minimum Gasteiger partial charge on any atom is -0.488 e. The summed E-state index contributed by atoms with van der Waals surface area (Å²) in [6, 6.07) is 16.1. The van der Waals surface area contributed by atoms with Crippen LogP contribution in [0.5, 0.6) is 5.75 Å². The fourth-order valence-electron chi connectivity index (χ4n) is 4.03. The van der Waals surface area contributed by atoms with Crippen molar-refractivity contribution in [3.63, 3.8) is 0 Å². The van der Waals surface area contributed by atoms with Gasteiger partial charge in [0, 0.05) is 26.3 Å². The van der Waals surface area contributed by atoms with Crippen LogP contribution < -0.4 is 10.1 Å². The zero-order valence-electron chi connectivity index (χ0n) is 19.0. The predicted molar refractivity (Wildman–Crippen MR) is 127 cm³/mol. The van der Waals surface area contributed by atoms with Crippen molar-refractivity contribution in [2.45, 2.75) is 30.2 Å². The molecule has 3 aromatic rings. The average Bonchev–Trinajstić information content (AvgIpc) is 3.26. The van der Waals surface area contributed by atoms with Crippen molar-refractivity contribution in [2.24, 2.45) is 7.05 Å². The van der Waals surface area contributed by atoms with Gasteiger partial charge in [0.05, 0.1) is 6.04 Å². The number of sulfonamides is 1. The molecule has 1 amide bonds. The normalized spacial score (nSPS) is 15.6. The zero-order chi connectivity index (χ0) is 24.1. The van der Waals surface area contributed by atoms with Crippen molar-refractivity contribution in [1.82, 2.24) is 14.2 Å². The number of halogens is 1. The largest absolute Gasteiger partial charge is 0.488 e. The topological polar surface area (TPSA) is 80.6 Å². The number of nitrogens with one attached hydrogen (secondary N) is 1. The molecule has 1 aliphatic heterocycles. The number of ether oxygens (including phenoxy) is 1. The molecular formula is C25H28FN3O4S. The molecule has 1 unspecified atom stereocenters. The third-order valence-corrected chi connectivity index (χ3v) is 7.78. The highest BCUT2D eigenvalue weighted by atomic mass is 32.2. The van der Waals surface area contributed by atoms with E-state index in [0.717, 1.165) is 24.8 Å². The van der Waals surface area contributed by atoms with E-state index < -0.39 is 27.8 Å². The quantitative estimate of drug-likeness (QED) is 0.525. The number of hydrogen-bond donors (Lipinski definition) is 1. The van der Waals surface area contributed by atoms with Crippen LogP contribution in [0.15, 0.2) is 71.8 Å². The Morgan fingerprint density at radius 1 is 1.06 bits per heavy atom. The monoisotopic (exact) mass is 485 g/mol. The molecule has 0 spiro atoms. The summed E-state index contributed by atoms with van der Waals surface area (Å²) in [7, 11) is -2.03. The second kappa shape index (κ2) is 10.4. The molecule has 2 heterocycles. The van der Waals surface area contributed by atoms with Crippen LogP contribution in [0.1, 0.15) is 41.4 Å². The molecule has 180 valence electrons. The molecule has 0 saturated carbocycles. The van der Waals surface area contributed by atoms with Gasteiger partial charge in [-0.25, -0.2) is 12.8 Å². The van der Waals surface area contributed by atoms with Crippen molar-refractivity contribution in [1.29, 1.82) is 0 Å². The van der Waals surface area contributed by atoms with Crippen LogP contribution in [0, 0.1) is 5.82 Å². The number of rotatable bonds is 8. The highest BCUT2D eigenvalue weighted by molar-refractivity contribution is 7.89.